The minimum atomic E-state index is -3.99. The molecule has 1 spiro atoms. The lowest BCUT2D eigenvalue weighted by atomic mass is 9.64. The van der Waals surface area contributed by atoms with Crippen LogP contribution in [-0.4, -0.2) is 36.9 Å². The number of anilines is 1. The van der Waals surface area contributed by atoms with Gasteiger partial charge in [0.15, 0.2) is 9.34 Å². The van der Waals surface area contributed by atoms with Gasteiger partial charge in [0.05, 0.1) is 5.69 Å². The van der Waals surface area contributed by atoms with Gasteiger partial charge in [0.1, 0.15) is 6.54 Å². The van der Waals surface area contributed by atoms with Gasteiger partial charge < -0.3 is 10.4 Å². The van der Waals surface area contributed by atoms with Gasteiger partial charge in [-0.05, 0) is 54.3 Å². The van der Waals surface area contributed by atoms with Crippen molar-refractivity contribution < 1.29 is 23.1 Å². The van der Waals surface area contributed by atoms with E-state index in [9.17, 15) is 18.0 Å². The van der Waals surface area contributed by atoms with Crippen LogP contribution >= 0.6 is 11.3 Å². The average Bonchev–Trinajstić information content (AvgIpc) is 3.55. The highest BCUT2D eigenvalue weighted by molar-refractivity contribution is 7.91. The highest BCUT2D eigenvalue weighted by atomic mass is 32.2. The summed E-state index contributed by atoms with van der Waals surface area (Å²) in [6.07, 6.45) is 12.1. The van der Waals surface area contributed by atoms with E-state index in [1.807, 2.05) is 0 Å². The molecular formula is C24H35N3O5S2. The molecule has 3 atom stereocenters. The highest BCUT2D eigenvalue weighted by Crippen LogP contribution is 2.97. The lowest BCUT2D eigenvalue weighted by Crippen LogP contribution is -2.34. The van der Waals surface area contributed by atoms with Crippen molar-refractivity contribution in [3.63, 3.8) is 0 Å². The molecule has 4 aliphatic carbocycles. The van der Waals surface area contributed by atoms with E-state index in [4.69, 9.17) is 5.11 Å². The minimum Gasteiger partial charge on any atom is -0.480 e. The molecule has 1 aromatic rings. The molecule has 0 aliphatic heterocycles. The van der Waals surface area contributed by atoms with Crippen LogP contribution in [-0.2, 0) is 19.6 Å². The normalized spacial score (nSPS) is 35.1. The molecule has 1 aromatic heterocycles. The van der Waals surface area contributed by atoms with Gasteiger partial charge in [-0.15, -0.1) is 0 Å². The van der Waals surface area contributed by atoms with E-state index in [1.165, 1.54) is 57.8 Å². The van der Waals surface area contributed by atoms with Crippen molar-refractivity contribution >= 4 is 38.4 Å². The van der Waals surface area contributed by atoms with E-state index in [2.05, 4.69) is 21.9 Å². The molecule has 10 heteroatoms. The van der Waals surface area contributed by atoms with Gasteiger partial charge in [-0.1, -0.05) is 63.2 Å². The van der Waals surface area contributed by atoms with Crippen molar-refractivity contribution in [3.8, 4) is 0 Å². The molecule has 188 valence electrons. The first-order chi connectivity index (χ1) is 16.1. The number of aliphatic carboxylic acids is 1. The number of amides is 1. The maximum absolute atomic E-state index is 13.2. The number of carboxylic acids is 1. The Morgan fingerprint density at radius 1 is 1.15 bits per heavy atom. The van der Waals surface area contributed by atoms with Crippen LogP contribution in [0.15, 0.2) is 4.21 Å². The summed E-state index contributed by atoms with van der Waals surface area (Å²) in [5, 5.41) is 11.9. The Morgan fingerprint density at radius 3 is 2.47 bits per heavy atom. The minimum absolute atomic E-state index is 0.0595. The van der Waals surface area contributed by atoms with Crippen LogP contribution < -0.4 is 10.0 Å². The third kappa shape index (κ3) is 3.89. The van der Waals surface area contributed by atoms with Crippen LogP contribution in [0.5, 0.6) is 0 Å². The number of rotatable bonds is 8. The fourth-order valence-electron chi connectivity index (χ4n) is 7.76. The first-order valence-electron chi connectivity index (χ1n) is 12.6. The molecule has 4 aliphatic rings. The molecule has 1 amide bonds. The van der Waals surface area contributed by atoms with Crippen molar-refractivity contribution in [1.82, 2.24) is 9.71 Å². The van der Waals surface area contributed by atoms with Gasteiger partial charge >= 0.3 is 5.97 Å². The van der Waals surface area contributed by atoms with Crippen LogP contribution in [0.25, 0.3) is 0 Å². The van der Waals surface area contributed by atoms with Gasteiger partial charge in [-0.2, -0.15) is 4.72 Å². The molecule has 0 bridgehead atoms. The Hall–Kier alpha value is -1.52. The average molecular weight is 510 g/mol. The summed E-state index contributed by atoms with van der Waals surface area (Å²) in [6.45, 7) is 3.18. The summed E-state index contributed by atoms with van der Waals surface area (Å²) in [6, 6.07) is 0. The van der Waals surface area contributed by atoms with E-state index in [-0.39, 0.29) is 26.4 Å². The SMILES string of the molecule is Cc1nc(NC(=O)C[C@]23C(C4CCCCC4)C2C32CCC(C)CC2)sc1S(=O)(=O)NCC(=O)O. The number of hydrogen-bond acceptors (Lipinski definition) is 6. The molecule has 0 aromatic carbocycles. The number of carbonyl (C=O) groups is 2. The molecule has 4 saturated carbocycles. The number of carbonyl (C=O) groups excluding carboxylic acids is 1. The molecular weight excluding hydrogens is 474 g/mol. The second-order valence-electron chi connectivity index (χ2n) is 11.1. The van der Waals surface area contributed by atoms with Crippen molar-refractivity contribution in [2.45, 2.75) is 82.3 Å². The van der Waals surface area contributed by atoms with Crippen molar-refractivity contribution in [2.24, 2.45) is 34.5 Å². The van der Waals surface area contributed by atoms with Crippen molar-refractivity contribution in [3.05, 3.63) is 5.69 Å². The van der Waals surface area contributed by atoms with Gasteiger partial charge in [-0.3, -0.25) is 9.59 Å². The number of aryl methyl sites for hydroxylation is 1. The van der Waals surface area contributed by atoms with E-state index in [0.717, 1.165) is 23.2 Å². The maximum atomic E-state index is 13.2. The Labute approximate surface area is 205 Å². The topological polar surface area (TPSA) is 125 Å². The number of hydrogen-bond donors (Lipinski definition) is 3. The smallest absolute Gasteiger partial charge is 0.318 e. The van der Waals surface area contributed by atoms with Gasteiger partial charge in [0, 0.05) is 6.42 Å². The largest absolute Gasteiger partial charge is 0.480 e. The Bertz CT molecular complexity index is 1090. The predicted octanol–water partition coefficient (Wildman–Crippen LogP) is 4.17. The highest BCUT2D eigenvalue weighted by Gasteiger charge is 2.94. The Balaban J connectivity index is 1.28. The number of fused-ring (bicyclic) bond motifs is 3. The zero-order chi connectivity index (χ0) is 24.3. The van der Waals surface area contributed by atoms with Crippen LogP contribution in [0.3, 0.4) is 0 Å². The third-order valence-corrected chi connectivity index (χ3v) is 12.4. The van der Waals surface area contributed by atoms with Gasteiger partial charge in [0.2, 0.25) is 5.91 Å². The number of nitrogens with one attached hydrogen (secondary N) is 2. The van der Waals surface area contributed by atoms with E-state index < -0.39 is 22.5 Å². The fraction of sp³-hybridized carbons (Fsp3) is 0.792. The van der Waals surface area contributed by atoms with Crippen molar-refractivity contribution in [2.75, 3.05) is 11.9 Å². The second kappa shape index (κ2) is 8.55. The molecule has 0 radical (unpaired) electrons. The molecule has 3 N–H and O–H groups in total. The number of nitrogens with zero attached hydrogens (tertiary/aromatic N) is 1. The summed E-state index contributed by atoms with van der Waals surface area (Å²) in [5.41, 5.74) is 0.751. The molecule has 34 heavy (non-hydrogen) atoms. The maximum Gasteiger partial charge on any atom is 0.318 e. The number of aromatic nitrogens is 1. The molecule has 0 saturated heterocycles. The van der Waals surface area contributed by atoms with E-state index in [1.54, 1.807) is 6.92 Å². The van der Waals surface area contributed by atoms with Crippen LogP contribution in [0.4, 0.5) is 5.13 Å². The zero-order valence-corrected chi connectivity index (χ0v) is 21.6. The molecule has 2 unspecified atom stereocenters. The fourth-order valence-corrected chi connectivity index (χ4v) is 10.2. The predicted molar refractivity (Wildman–Crippen MR) is 129 cm³/mol. The van der Waals surface area contributed by atoms with Crippen molar-refractivity contribution in [1.29, 1.82) is 0 Å². The van der Waals surface area contributed by atoms with Crippen LogP contribution in [0.2, 0.25) is 0 Å². The van der Waals surface area contributed by atoms with Gasteiger partial charge in [0.25, 0.3) is 10.0 Å². The standard InChI is InChI=1S/C24H35N3O5S2/c1-14-8-10-23(11-9-14)20-19(16-6-4-3-5-7-16)24(20,23)12-17(28)27-22-26-15(2)21(33-22)34(31,32)25-13-18(29)30/h14,16,19-20,25H,3-13H2,1-2H3,(H,29,30)(H,26,27,28)/t14?,19?,20?,23?,24-/m0/s1. The molecule has 5 rings (SSSR count). The van der Waals surface area contributed by atoms with Crippen LogP contribution in [0, 0.1) is 41.4 Å². The van der Waals surface area contributed by atoms with E-state index in [0.29, 0.717) is 23.7 Å². The molecule has 8 nitrogen and oxygen atoms in total. The lowest BCUT2D eigenvalue weighted by molar-refractivity contribution is -0.135. The third-order valence-electron chi connectivity index (χ3n) is 9.27. The summed E-state index contributed by atoms with van der Waals surface area (Å²) in [5.74, 6) is 1.57. The van der Waals surface area contributed by atoms with E-state index >= 15 is 0 Å². The molecule has 1 heterocycles. The number of thiazole rings is 1. The quantitative estimate of drug-likeness (QED) is 0.483. The molecule has 4 fully saturated rings. The summed E-state index contributed by atoms with van der Waals surface area (Å²) < 4.78 is 26.9. The zero-order valence-electron chi connectivity index (χ0n) is 19.9. The lowest BCUT2D eigenvalue weighted by Gasteiger charge is -2.40. The monoisotopic (exact) mass is 509 g/mol. The summed E-state index contributed by atoms with van der Waals surface area (Å²) in [4.78, 5) is 28.2. The first-order valence-corrected chi connectivity index (χ1v) is 14.9. The Morgan fingerprint density at radius 2 is 1.82 bits per heavy atom. The number of carboxylic acid groups (broad SMARTS) is 1. The summed E-state index contributed by atoms with van der Waals surface area (Å²) >= 11 is 0.876. The summed E-state index contributed by atoms with van der Waals surface area (Å²) in [7, 11) is -3.99. The van der Waals surface area contributed by atoms with Crippen LogP contribution in [0.1, 0.15) is 76.8 Å². The first kappa shape index (κ1) is 24.2. The Kier molecular flexibility index (Phi) is 6.08. The number of sulfonamides is 1. The van der Waals surface area contributed by atoms with Gasteiger partial charge in [-0.25, -0.2) is 13.4 Å². The second-order valence-corrected chi connectivity index (χ2v) is 14.1.